The van der Waals surface area contributed by atoms with Crippen molar-refractivity contribution >= 4 is 29.4 Å². The minimum Gasteiger partial charge on any atom is -0.361 e. The van der Waals surface area contributed by atoms with Crippen LogP contribution in [0.15, 0.2) is 60.7 Å². The summed E-state index contributed by atoms with van der Waals surface area (Å²) in [6.45, 7) is 13.3. The van der Waals surface area contributed by atoms with Crippen LogP contribution in [0, 0.1) is 11.8 Å². The highest BCUT2D eigenvalue weighted by atomic mass is 16.6. The number of epoxide rings is 1. The molecule has 4 amide bonds. The van der Waals surface area contributed by atoms with Crippen molar-refractivity contribution < 1.29 is 28.7 Å². The van der Waals surface area contributed by atoms with E-state index in [9.17, 15) is 24.0 Å². The molecule has 0 spiro atoms. The Kier molecular flexibility index (Phi) is 15.6. The fourth-order valence-electron chi connectivity index (χ4n) is 6.57. The molecule has 0 aliphatic carbocycles. The number of aryl methyl sites for hydroxylation is 1. The normalized spacial score (nSPS) is 19.8. The second kappa shape index (κ2) is 19.8. The quantitative estimate of drug-likeness (QED) is 0.152. The maximum absolute atomic E-state index is 14.1. The number of nitrogens with one attached hydrogen (secondary N) is 4. The molecule has 4 N–H and O–H groups in total. The minimum atomic E-state index is -1.02. The van der Waals surface area contributed by atoms with Crippen LogP contribution in [0.3, 0.4) is 0 Å². The first kappa shape index (κ1) is 41.6. The second-order valence-electron chi connectivity index (χ2n) is 15.7. The molecule has 2 fully saturated rings. The van der Waals surface area contributed by atoms with Gasteiger partial charge >= 0.3 is 0 Å². The average Bonchev–Trinajstić information content (AvgIpc) is 3.88. The van der Waals surface area contributed by atoms with Crippen molar-refractivity contribution in [2.45, 2.75) is 96.5 Å². The van der Waals surface area contributed by atoms with Crippen LogP contribution in [0.25, 0.3) is 0 Å². The van der Waals surface area contributed by atoms with Gasteiger partial charge in [-0.05, 0) is 62.6 Å². The van der Waals surface area contributed by atoms with Crippen molar-refractivity contribution in [2.75, 3.05) is 46.4 Å². The number of nitrogens with zero attached hydrogens (tertiary/aromatic N) is 2. The molecule has 4 rings (SSSR count). The van der Waals surface area contributed by atoms with Gasteiger partial charge in [0.2, 0.25) is 23.6 Å². The summed E-state index contributed by atoms with van der Waals surface area (Å²) in [5.41, 5.74) is 0.932. The first-order valence-corrected chi connectivity index (χ1v) is 19.1. The van der Waals surface area contributed by atoms with E-state index in [2.05, 4.69) is 38.1 Å². The van der Waals surface area contributed by atoms with E-state index in [1.54, 1.807) is 6.92 Å². The monoisotopic (exact) mass is 732 g/mol. The molecule has 53 heavy (non-hydrogen) atoms. The first-order chi connectivity index (χ1) is 25.2. The number of benzene rings is 2. The fourth-order valence-corrected chi connectivity index (χ4v) is 6.57. The van der Waals surface area contributed by atoms with Crippen LogP contribution in [0.1, 0.15) is 65.0 Å². The number of hydrogen-bond acceptors (Lipinski definition) is 8. The van der Waals surface area contributed by atoms with Gasteiger partial charge in [-0.25, -0.2) is 0 Å². The largest absolute Gasteiger partial charge is 0.361 e. The van der Waals surface area contributed by atoms with E-state index in [4.69, 9.17) is 4.74 Å². The number of carbonyl (C=O) groups is 5. The molecule has 0 radical (unpaired) electrons. The van der Waals surface area contributed by atoms with Crippen LogP contribution in [-0.4, -0.2) is 115 Å². The van der Waals surface area contributed by atoms with E-state index in [1.807, 2.05) is 88.4 Å². The van der Waals surface area contributed by atoms with E-state index in [-0.39, 0.29) is 36.5 Å². The molecule has 2 heterocycles. The Morgan fingerprint density at radius 3 is 1.74 bits per heavy atom. The van der Waals surface area contributed by atoms with E-state index >= 15 is 0 Å². The van der Waals surface area contributed by atoms with Gasteiger partial charge in [0.25, 0.3) is 0 Å². The third-order valence-electron chi connectivity index (χ3n) is 9.87. The highest BCUT2D eigenvalue weighted by Gasteiger charge is 2.50. The second-order valence-corrected chi connectivity index (χ2v) is 15.7. The molecule has 2 unspecified atom stereocenters. The van der Waals surface area contributed by atoms with Crippen molar-refractivity contribution in [1.29, 1.82) is 0 Å². The molecular formula is C41H60N6O6. The lowest BCUT2D eigenvalue weighted by atomic mass is 9.93. The number of rotatable bonds is 20. The van der Waals surface area contributed by atoms with Crippen molar-refractivity contribution in [1.82, 2.24) is 31.1 Å². The lowest BCUT2D eigenvalue weighted by Gasteiger charge is -2.32. The predicted molar refractivity (Wildman–Crippen MR) is 205 cm³/mol. The zero-order valence-electron chi connectivity index (χ0n) is 32.4. The van der Waals surface area contributed by atoms with Gasteiger partial charge in [0.1, 0.15) is 23.7 Å². The van der Waals surface area contributed by atoms with E-state index in [0.29, 0.717) is 32.3 Å². The number of ketones is 1. The van der Waals surface area contributed by atoms with Gasteiger partial charge in [-0.3, -0.25) is 28.9 Å². The van der Waals surface area contributed by atoms with Gasteiger partial charge in [-0.1, -0.05) is 88.4 Å². The number of piperazine rings is 1. The van der Waals surface area contributed by atoms with Gasteiger partial charge in [-0.2, -0.15) is 0 Å². The molecule has 0 aromatic heterocycles. The summed E-state index contributed by atoms with van der Waals surface area (Å²) < 4.78 is 5.41. The predicted octanol–water partition coefficient (Wildman–Crippen LogP) is 2.50. The van der Waals surface area contributed by atoms with Crippen molar-refractivity contribution in [2.24, 2.45) is 11.8 Å². The molecule has 2 aliphatic heterocycles. The molecule has 5 atom stereocenters. The third kappa shape index (κ3) is 13.7. The van der Waals surface area contributed by atoms with Crippen LogP contribution in [0.2, 0.25) is 0 Å². The molecule has 290 valence electrons. The molecule has 0 bridgehead atoms. The topological polar surface area (TPSA) is 152 Å². The third-order valence-corrected chi connectivity index (χ3v) is 9.87. The standard InChI is InChI=1S/C41H60N6O6/c1-28(2)23-33(37(49)41(5)27-53-41)43-40(52)35(25-31-15-11-8-12-16-31)45-39(51)34(24-29(3)4)44-38(50)32(18-17-30-13-9-7-10-14-30)42-36(48)26-47-21-19-46(6)20-22-47/h7-16,28-29,32-35H,17-27H2,1-6H3,(H,42,48)(H,43,52)(H,44,50)(H,45,51)/t32-,33?,34?,35-,41+/m0/s1. The molecule has 12 heteroatoms. The Labute approximate surface area is 315 Å². The number of carbonyl (C=O) groups excluding carboxylic acids is 5. The summed E-state index contributed by atoms with van der Waals surface area (Å²) in [4.78, 5) is 73.0. The molecule has 0 saturated carbocycles. The van der Waals surface area contributed by atoms with Gasteiger partial charge < -0.3 is 30.9 Å². The van der Waals surface area contributed by atoms with Crippen LogP contribution >= 0.6 is 0 Å². The highest BCUT2D eigenvalue weighted by molar-refractivity contribution is 5.98. The maximum atomic E-state index is 14.1. The first-order valence-electron chi connectivity index (χ1n) is 19.1. The van der Waals surface area contributed by atoms with Gasteiger partial charge in [0, 0.05) is 32.6 Å². The zero-order chi connectivity index (χ0) is 38.5. The number of amides is 4. The molecule has 2 aromatic rings. The number of likely N-dealkylation sites (N-methyl/N-ethyl adjacent to an activating group) is 1. The molecular weight excluding hydrogens is 672 g/mol. The Balaban J connectivity index is 1.51. The van der Waals surface area contributed by atoms with E-state index in [1.165, 1.54) is 0 Å². The van der Waals surface area contributed by atoms with Crippen molar-refractivity contribution in [3.05, 3.63) is 71.8 Å². The van der Waals surface area contributed by atoms with Gasteiger partial charge in [0.15, 0.2) is 5.78 Å². The minimum absolute atomic E-state index is 0.0226. The van der Waals surface area contributed by atoms with E-state index in [0.717, 1.165) is 37.3 Å². The Morgan fingerprint density at radius 1 is 0.679 bits per heavy atom. The lowest BCUT2D eigenvalue weighted by Crippen LogP contribution is -2.59. The highest BCUT2D eigenvalue weighted by Crippen LogP contribution is 2.29. The van der Waals surface area contributed by atoms with Crippen LogP contribution in [0.5, 0.6) is 0 Å². The SMILES string of the molecule is CC(C)CC(NC(=O)[C@H](CCc1ccccc1)NC(=O)CN1CCN(C)CC1)C(=O)N[C@@H](Cc1ccccc1)C(=O)NC(CC(C)C)C(=O)[C@@]1(C)CO1. The fraction of sp³-hybridized carbons (Fsp3) is 0.585. The van der Waals surface area contributed by atoms with Crippen molar-refractivity contribution in [3.8, 4) is 0 Å². The van der Waals surface area contributed by atoms with Crippen LogP contribution in [0.4, 0.5) is 0 Å². The lowest BCUT2D eigenvalue weighted by molar-refractivity contribution is -0.135. The maximum Gasteiger partial charge on any atom is 0.243 e. The number of hydrogen-bond donors (Lipinski definition) is 4. The summed E-state index contributed by atoms with van der Waals surface area (Å²) >= 11 is 0. The summed E-state index contributed by atoms with van der Waals surface area (Å²) in [7, 11) is 2.05. The van der Waals surface area contributed by atoms with E-state index < -0.39 is 47.5 Å². The Morgan fingerprint density at radius 2 is 1.17 bits per heavy atom. The van der Waals surface area contributed by atoms with Gasteiger partial charge in [0.05, 0.1) is 19.2 Å². The average molecular weight is 733 g/mol. The Hall–Kier alpha value is -4.13. The molecule has 12 nitrogen and oxygen atoms in total. The molecule has 2 aliphatic rings. The summed E-state index contributed by atoms with van der Waals surface area (Å²) in [6.07, 6.45) is 1.80. The van der Waals surface area contributed by atoms with Crippen molar-refractivity contribution in [3.63, 3.8) is 0 Å². The molecule has 2 saturated heterocycles. The molecule has 2 aromatic carbocycles. The zero-order valence-corrected chi connectivity index (χ0v) is 32.4. The Bertz CT molecular complexity index is 1510. The van der Waals surface area contributed by atoms with Crippen LogP contribution in [-0.2, 0) is 41.6 Å². The summed E-state index contributed by atoms with van der Waals surface area (Å²) in [5, 5.41) is 11.7. The number of ether oxygens (including phenoxy) is 1. The van der Waals surface area contributed by atoms with Crippen LogP contribution < -0.4 is 21.3 Å². The smallest absolute Gasteiger partial charge is 0.243 e. The van der Waals surface area contributed by atoms with Gasteiger partial charge in [-0.15, -0.1) is 0 Å². The number of Topliss-reactive ketones (excluding diaryl/α,β-unsaturated/α-hetero) is 1. The summed E-state index contributed by atoms with van der Waals surface area (Å²) in [5.74, 6) is -1.76. The summed E-state index contributed by atoms with van der Waals surface area (Å²) in [6, 6.07) is 15.4.